The summed E-state index contributed by atoms with van der Waals surface area (Å²) in [6, 6.07) is 10.6. The van der Waals surface area contributed by atoms with Crippen LogP contribution in [0.3, 0.4) is 0 Å². The molecular formula is C19H19FN2O4. The van der Waals surface area contributed by atoms with Crippen LogP contribution in [0.15, 0.2) is 42.5 Å². The van der Waals surface area contributed by atoms with Gasteiger partial charge >= 0.3 is 0 Å². The van der Waals surface area contributed by atoms with E-state index in [0.717, 1.165) is 5.56 Å². The van der Waals surface area contributed by atoms with Crippen LogP contribution in [0.1, 0.15) is 18.9 Å². The van der Waals surface area contributed by atoms with Crippen LogP contribution in [0.4, 0.5) is 10.1 Å². The van der Waals surface area contributed by atoms with Crippen molar-refractivity contribution < 1.29 is 23.5 Å². The van der Waals surface area contributed by atoms with Crippen molar-refractivity contribution >= 4 is 17.5 Å². The van der Waals surface area contributed by atoms with E-state index in [1.165, 1.54) is 18.2 Å². The number of hydrogen-bond donors (Lipinski definition) is 2. The number of rotatable bonds is 6. The summed E-state index contributed by atoms with van der Waals surface area (Å²) in [5, 5.41) is 5.07. The van der Waals surface area contributed by atoms with Gasteiger partial charge in [-0.05, 0) is 43.2 Å². The van der Waals surface area contributed by atoms with E-state index in [2.05, 4.69) is 10.6 Å². The maximum Gasteiger partial charge on any atom is 0.246 e. The van der Waals surface area contributed by atoms with Gasteiger partial charge in [-0.3, -0.25) is 9.59 Å². The van der Waals surface area contributed by atoms with E-state index < -0.39 is 17.8 Å². The number of amides is 2. The van der Waals surface area contributed by atoms with Crippen molar-refractivity contribution in [3.63, 3.8) is 0 Å². The average molecular weight is 358 g/mol. The summed E-state index contributed by atoms with van der Waals surface area (Å²) < 4.78 is 24.1. The Bertz CT molecular complexity index is 825. The zero-order chi connectivity index (χ0) is 18.5. The summed E-state index contributed by atoms with van der Waals surface area (Å²) in [4.78, 5) is 24.1. The van der Waals surface area contributed by atoms with Gasteiger partial charge in [0.2, 0.25) is 18.6 Å². The molecule has 7 heteroatoms. The molecule has 0 spiro atoms. The van der Waals surface area contributed by atoms with Crippen molar-refractivity contribution in [2.24, 2.45) is 0 Å². The topological polar surface area (TPSA) is 76.7 Å². The van der Waals surface area contributed by atoms with Gasteiger partial charge in [-0.15, -0.1) is 0 Å². The van der Waals surface area contributed by atoms with Crippen LogP contribution in [0.5, 0.6) is 11.5 Å². The lowest BCUT2D eigenvalue weighted by Gasteiger charge is -2.14. The number of fused-ring (bicyclic) bond motifs is 1. The standard InChI is InChI=1S/C19H19FN2O4/c1-12(19(24)22-15-5-3-2-4-14(15)20)21-18(23)9-7-13-6-8-16-17(10-13)26-11-25-16/h2-6,8,10,12H,7,9,11H2,1H3,(H,21,23)(H,22,24). The maximum absolute atomic E-state index is 13.6. The second-order valence-electron chi connectivity index (χ2n) is 5.95. The first-order chi connectivity index (χ1) is 12.5. The summed E-state index contributed by atoms with van der Waals surface area (Å²) in [6.07, 6.45) is 0.723. The van der Waals surface area contributed by atoms with Crippen LogP contribution in [0.25, 0.3) is 0 Å². The molecule has 1 heterocycles. The molecule has 2 N–H and O–H groups in total. The fourth-order valence-corrected chi connectivity index (χ4v) is 2.54. The second kappa shape index (κ2) is 7.86. The van der Waals surface area contributed by atoms with Gasteiger partial charge in [-0.25, -0.2) is 4.39 Å². The summed E-state index contributed by atoms with van der Waals surface area (Å²) in [6.45, 7) is 1.75. The van der Waals surface area contributed by atoms with Crippen molar-refractivity contribution in [2.45, 2.75) is 25.8 Å². The third kappa shape index (κ3) is 4.30. The van der Waals surface area contributed by atoms with Crippen LogP contribution in [0.2, 0.25) is 0 Å². The van der Waals surface area contributed by atoms with E-state index in [0.29, 0.717) is 17.9 Å². The lowest BCUT2D eigenvalue weighted by molar-refractivity contribution is -0.126. The molecule has 0 radical (unpaired) electrons. The monoisotopic (exact) mass is 358 g/mol. The molecule has 0 saturated carbocycles. The summed E-state index contributed by atoms with van der Waals surface area (Å²) in [5.74, 6) is 0.0877. The zero-order valence-corrected chi connectivity index (χ0v) is 14.3. The minimum Gasteiger partial charge on any atom is -0.454 e. The van der Waals surface area contributed by atoms with Gasteiger partial charge in [0.15, 0.2) is 11.5 Å². The summed E-state index contributed by atoms with van der Waals surface area (Å²) >= 11 is 0. The predicted octanol–water partition coefficient (Wildman–Crippen LogP) is 2.63. The number of nitrogens with one attached hydrogen (secondary N) is 2. The number of aryl methyl sites for hydroxylation is 1. The van der Waals surface area contributed by atoms with E-state index in [1.54, 1.807) is 19.1 Å². The van der Waals surface area contributed by atoms with Gasteiger partial charge in [-0.2, -0.15) is 0 Å². The van der Waals surface area contributed by atoms with Crippen LogP contribution in [0, 0.1) is 5.82 Å². The van der Waals surface area contributed by atoms with Gasteiger partial charge in [0.1, 0.15) is 11.9 Å². The third-order valence-electron chi connectivity index (χ3n) is 3.98. The molecule has 0 fully saturated rings. The molecule has 0 saturated heterocycles. The smallest absolute Gasteiger partial charge is 0.246 e. The molecule has 2 aromatic rings. The lowest BCUT2D eigenvalue weighted by Crippen LogP contribution is -2.41. The molecule has 1 atom stereocenters. The number of hydrogen-bond acceptors (Lipinski definition) is 4. The fraction of sp³-hybridized carbons (Fsp3) is 0.263. The van der Waals surface area contributed by atoms with Crippen molar-refractivity contribution in [2.75, 3.05) is 12.1 Å². The molecule has 136 valence electrons. The number of benzene rings is 2. The number of carbonyl (C=O) groups excluding carboxylic acids is 2. The molecule has 0 bridgehead atoms. The van der Waals surface area contributed by atoms with E-state index in [1.807, 2.05) is 12.1 Å². The number of ether oxygens (including phenoxy) is 2. The van der Waals surface area contributed by atoms with Gasteiger partial charge in [0, 0.05) is 6.42 Å². The van der Waals surface area contributed by atoms with Gasteiger partial charge < -0.3 is 20.1 Å². The van der Waals surface area contributed by atoms with Gasteiger partial charge in [0.25, 0.3) is 0 Å². The molecule has 6 nitrogen and oxygen atoms in total. The number of anilines is 1. The Balaban J connectivity index is 1.48. The highest BCUT2D eigenvalue weighted by Gasteiger charge is 2.18. The normalized spacial score (nSPS) is 13.2. The second-order valence-corrected chi connectivity index (χ2v) is 5.95. The SMILES string of the molecule is CC(NC(=O)CCc1ccc2c(c1)OCO2)C(=O)Nc1ccccc1F. The van der Waals surface area contributed by atoms with E-state index >= 15 is 0 Å². The number of carbonyl (C=O) groups is 2. The van der Waals surface area contributed by atoms with Crippen LogP contribution in [-0.2, 0) is 16.0 Å². The van der Waals surface area contributed by atoms with Crippen LogP contribution < -0.4 is 20.1 Å². The number of halogens is 1. The Labute approximate surface area is 150 Å². The first-order valence-corrected chi connectivity index (χ1v) is 8.26. The largest absolute Gasteiger partial charge is 0.454 e. The first-order valence-electron chi connectivity index (χ1n) is 8.26. The highest BCUT2D eigenvalue weighted by Crippen LogP contribution is 2.32. The molecule has 26 heavy (non-hydrogen) atoms. The highest BCUT2D eigenvalue weighted by molar-refractivity contribution is 5.96. The molecule has 0 aliphatic carbocycles. The number of para-hydroxylation sites is 1. The zero-order valence-electron chi connectivity index (χ0n) is 14.3. The molecule has 2 aromatic carbocycles. The first kappa shape index (κ1) is 17.7. The molecule has 1 aliphatic heterocycles. The summed E-state index contributed by atoms with van der Waals surface area (Å²) in [5.41, 5.74) is 1.02. The molecule has 0 aromatic heterocycles. The van der Waals surface area contributed by atoms with Gasteiger partial charge in [0.05, 0.1) is 5.69 Å². The van der Waals surface area contributed by atoms with Crippen LogP contribution >= 0.6 is 0 Å². The third-order valence-corrected chi connectivity index (χ3v) is 3.98. The minimum absolute atomic E-state index is 0.0824. The lowest BCUT2D eigenvalue weighted by atomic mass is 10.1. The van der Waals surface area contributed by atoms with E-state index in [-0.39, 0.29) is 24.8 Å². The molecule has 3 rings (SSSR count). The van der Waals surface area contributed by atoms with Crippen molar-refractivity contribution in [3.8, 4) is 11.5 Å². The van der Waals surface area contributed by atoms with Crippen molar-refractivity contribution in [1.82, 2.24) is 5.32 Å². The predicted molar refractivity (Wildman–Crippen MR) is 93.5 cm³/mol. The molecular weight excluding hydrogens is 339 g/mol. The van der Waals surface area contributed by atoms with Crippen molar-refractivity contribution in [1.29, 1.82) is 0 Å². The fourth-order valence-electron chi connectivity index (χ4n) is 2.54. The molecule has 1 unspecified atom stereocenters. The summed E-state index contributed by atoms with van der Waals surface area (Å²) in [7, 11) is 0. The Kier molecular flexibility index (Phi) is 5.36. The Morgan fingerprint density at radius 3 is 2.73 bits per heavy atom. The minimum atomic E-state index is -0.779. The molecule has 2 amide bonds. The Hall–Kier alpha value is -3.09. The Morgan fingerprint density at radius 1 is 1.15 bits per heavy atom. The van der Waals surface area contributed by atoms with E-state index in [9.17, 15) is 14.0 Å². The van der Waals surface area contributed by atoms with Gasteiger partial charge in [-0.1, -0.05) is 18.2 Å². The Morgan fingerprint density at radius 2 is 1.92 bits per heavy atom. The average Bonchev–Trinajstić information content (AvgIpc) is 3.09. The quantitative estimate of drug-likeness (QED) is 0.832. The van der Waals surface area contributed by atoms with Crippen LogP contribution in [-0.4, -0.2) is 24.6 Å². The van der Waals surface area contributed by atoms with Crippen molar-refractivity contribution in [3.05, 3.63) is 53.8 Å². The maximum atomic E-state index is 13.6. The molecule has 1 aliphatic rings. The van der Waals surface area contributed by atoms with E-state index in [4.69, 9.17) is 9.47 Å². The highest BCUT2D eigenvalue weighted by atomic mass is 19.1.